The number of furan rings is 1. The Morgan fingerprint density at radius 1 is 1.14 bits per heavy atom. The minimum absolute atomic E-state index is 0.00691. The zero-order chi connectivity index (χ0) is 20.3. The molecular formula is C19H20N4O4S. The lowest BCUT2D eigenvalue weighted by molar-refractivity contribution is -0.128. The standard InChI is InChI=1S/C19H20N4O4S/c1-22-8-10-23(11-9-22)19(24)15(13-20)12-16-4-7-18(27-16)14-2-5-17(6-3-14)28(21,25)26/h2-7,12H,8-11H2,1H3,(H2,21,25,26). The Balaban J connectivity index is 1.78. The predicted octanol–water partition coefficient (Wildman–Crippen LogP) is 1.27. The van der Waals surface area contributed by atoms with Crippen LogP contribution in [-0.2, 0) is 14.8 Å². The van der Waals surface area contributed by atoms with Gasteiger partial charge < -0.3 is 14.2 Å². The van der Waals surface area contributed by atoms with Crippen molar-refractivity contribution in [2.75, 3.05) is 33.2 Å². The van der Waals surface area contributed by atoms with E-state index in [-0.39, 0.29) is 16.4 Å². The average molecular weight is 400 g/mol. The zero-order valence-electron chi connectivity index (χ0n) is 15.3. The Labute approximate surface area is 163 Å². The molecule has 3 rings (SSSR count). The summed E-state index contributed by atoms with van der Waals surface area (Å²) in [6.45, 7) is 2.69. The van der Waals surface area contributed by atoms with Gasteiger partial charge in [-0.15, -0.1) is 0 Å². The first kappa shape index (κ1) is 19.8. The molecule has 1 aromatic carbocycles. The van der Waals surface area contributed by atoms with Crippen LogP contribution in [0.2, 0.25) is 0 Å². The summed E-state index contributed by atoms with van der Waals surface area (Å²) in [7, 11) is -1.77. The average Bonchev–Trinajstić information content (AvgIpc) is 3.14. The van der Waals surface area contributed by atoms with E-state index in [2.05, 4.69) is 4.90 Å². The van der Waals surface area contributed by atoms with Gasteiger partial charge >= 0.3 is 0 Å². The molecule has 1 saturated heterocycles. The normalized spacial score (nSPS) is 16.0. The van der Waals surface area contributed by atoms with Crippen molar-refractivity contribution in [3.63, 3.8) is 0 Å². The van der Waals surface area contributed by atoms with Crippen LogP contribution in [0, 0.1) is 11.3 Å². The second-order valence-electron chi connectivity index (χ2n) is 6.54. The quantitative estimate of drug-likeness (QED) is 0.609. The fraction of sp³-hybridized carbons (Fsp3) is 0.263. The Hall–Kier alpha value is -2.93. The van der Waals surface area contributed by atoms with Gasteiger partial charge in [0.15, 0.2) is 0 Å². The van der Waals surface area contributed by atoms with Crippen molar-refractivity contribution in [2.24, 2.45) is 5.14 Å². The van der Waals surface area contributed by atoms with Crippen molar-refractivity contribution in [2.45, 2.75) is 4.90 Å². The van der Waals surface area contributed by atoms with Gasteiger partial charge in [-0.1, -0.05) is 0 Å². The number of carbonyl (C=O) groups excluding carboxylic acids is 1. The first-order valence-electron chi connectivity index (χ1n) is 8.60. The molecule has 1 fully saturated rings. The van der Waals surface area contributed by atoms with Gasteiger partial charge in [0, 0.05) is 37.8 Å². The lowest BCUT2D eigenvalue weighted by Gasteiger charge is -2.32. The highest BCUT2D eigenvalue weighted by atomic mass is 32.2. The molecule has 146 valence electrons. The van der Waals surface area contributed by atoms with Gasteiger partial charge in [0.25, 0.3) is 5.91 Å². The number of sulfonamides is 1. The molecule has 28 heavy (non-hydrogen) atoms. The Morgan fingerprint density at radius 3 is 2.36 bits per heavy atom. The highest BCUT2D eigenvalue weighted by Crippen LogP contribution is 2.25. The molecule has 0 saturated carbocycles. The summed E-state index contributed by atoms with van der Waals surface area (Å²) < 4.78 is 28.4. The topological polar surface area (TPSA) is 121 Å². The molecular weight excluding hydrogens is 380 g/mol. The smallest absolute Gasteiger partial charge is 0.264 e. The summed E-state index contributed by atoms with van der Waals surface area (Å²) in [6.07, 6.45) is 1.42. The van der Waals surface area contributed by atoms with Crippen LogP contribution in [-0.4, -0.2) is 57.4 Å². The van der Waals surface area contributed by atoms with E-state index >= 15 is 0 Å². The molecule has 8 nitrogen and oxygen atoms in total. The number of likely N-dealkylation sites (N-methyl/N-ethyl adjacent to an activating group) is 1. The lowest BCUT2D eigenvalue weighted by Crippen LogP contribution is -2.47. The molecule has 0 unspecified atom stereocenters. The number of amides is 1. The SMILES string of the molecule is CN1CCN(C(=O)C(C#N)=Cc2ccc(-c3ccc(S(N)(=O)=O)cc3)o2)CC1. The highest BCUT2D eigenvalue weighted by molar-refractivity contribution is 7.89. The van der Waals surface area contributed by atoms with Crippen molar-refractivity contribution in [3.05, 3.63) is 47.7 Å². The Bertz CT molecular complexity index is 1040. The summed E-state index contributed by atoms with van der Waals surface area (Å²) >= 11 is 0. The molecule has 1 aliphatic rings. The molecule has 1 aliphatic heterocycles. The van der Waals surface area contributed by atoms with Gasteiger partial charge in [0.05, 0.1) is 4.90 Å². The number of nitrogens with two attached hydrogens (primary N) is 1. The number of nitriles is 1. The number of rotatable bonds is 4. The predicted molar refractivity (Wildman–Crippen MR) is 103 cm³/mol. The minimum Gasteiger partial charge on any atom is -0.457 e. The van der Waals surface area contributed by atoms with Crippen molar-refractivity contribution in [1.82, 2.24) is 9.80 Å². The highest BCUT2D eigenvalue weighted by Gasteiger charge is 2.22. The third-order valence-corrected chi connectivity index (χ3v) is 5.45. The number of carbonyl (C=O) groups is 1. The van der Waals surface area contributed by atoms with Gasteiger partial charge in [-0.25, -0.2) is 13.6 Å². The van der Waals surface area contributed by atoms with Crippen LogP contribution >= 0.6 is 0 Å². The van der Waals surface area contributed by atoms with E-state index in [0.29, 0.717) is 30.2 Å². The molecule has 0 bridgehead atoms. The van der Waals surface area contributed by atoms with Crippen LogP contribution in [0.4, 0.5) is 0 Å². The summed E-state index contributed by atoms with van der Waals surface area (Å²) in [4.78, 5) is 16.3. The molecule has 0 spiro atoms. The molecule has 0 atom stereocenters. The van der Waals surface area contributed by atoms with E-state index < -0.39 is 10.0 Å². The van der Waals surface area contributed by atoms with Crippen molar-refractivity contribution < 1.29 is 17.6 Å². The van der Waals surface area contributed by atoms with Crippen LogP contribution < -0.4 is 5.14 Å². The van der Waals surface area contributed by atoms with E-state index in [1.54, 1.807) is 29.2 Å². The fourth-order valence-corrected chi connectivity index (χ4v) is 3.37. The van der Waals surface area contributed by atoms with Crippen molar-refractivity contribution in [3.8, 4) is 17.4 Å². The van der Waals surface area contributed by atoms with Crippen molar-refractivity contribution >= 4 is 22.0 Å². The van der Waals surface area contributed by atoms with E-state index in [0.717, 1.165) is 13.1 Å². The monoisotopic (exact) mass is 400 g/mol. The van der Waals surface area contributed by atoms with Crippen LogP contribution in [0.5, 0.6) is 0 Å². The van der Waals surface area contributed by atoms with Crippen LogP contribution in [0.1, 0.15) is 5.76 Å². The van der Waals surface area contributed by atoms with E-state index in [4.69, 9.17) is 9.56 Å². The second-order valence-corrected chi connectivity index (χ2v) is 8.10. The Kier molecular flexibility index (Phi) is 5.65. The molecule has 0 radical (unpaired) electrons. The number of nitrogens with zero attached hydrogens (tertiary/aromatic N) is 3. The van der Waals surface area contributed by atoms with Crippen molar-refractivity contribution in [1.29, 1.82) is 5.26 Å². The van der Waals surface area contributed by atoms with Gasteiger partial charge in [0.2, 0.25) is 10.0 Å². The summed E-state index contributed by atoms with van der Waals surface area (Å²) in [6, 6.07) is 11.2. The maximum atomic E-state index is 12.6. The number of hydrogen-bond donors (Lipinski definition) is 1. The summed E-state index contributed by atoms with van der Waals surface area (Å²) in [5.41, 5.74) is 0.658. The van der Waals surface area contributed by atoms with Crippen LogP contribution in [0.25, 0.3) is 17.4 Å². The lowest BCUT2D eigenvalue weighted by atomic mass is 10.2. The minimum atomic E-state index is -3.76. The maximum absolute atomic E-state index is 12.6. The summed E-state index contributed by atoms with van der Waals surface area (Å²) in [5, 5.41) is 14.5. The molecule has 2 heterocycles. The number of piperazine rings is 1. The molecule has 2 aromatic rings. The van der Waals surface area contributed by atoms with Gasteiger partial charge in [0.1, 0.15) is 23.2 Å². The Morgan fingerprint density at radius 2 is 1.79 bits per heavy atom. The van der Waals surface area contributed by atoms with E-state index in [1.165, 1.54) is 18.2 Å². The second kappa shape index (κ2) is 7.98. The first-order valence-corrected chi connectivity index (χ1v) is 10.2. The molecule has 9 heteroatoms. The number of benzene rings is 1. The molecule has 1 aromatic heterocycles. The van der Waals surface area contributed by atoms with Gasteiger partial charge in [-0.2, -0.15) is 5.26 Å². The number of primary sulfonamides is 1. The molecule has 1 amide bonds. The largest absolute Gasteiger partial charge is 0.457 e. The van der Waals surface area contributed by atoms with Crippen LogP contribution in [0.15, 0.2) is 51.3 Å². The van der Waals surface area contributed by atoms with Gasteiger partial charge in [-0.3, -0.25) is 4.79 Å². The third-order valence-electron chi connectivity index (χ3n) is 4.52. The molecule has 2 N–H and O–H groups in total. The van der Waals surface area contributed by atoms with Gasteiger partial charge in [-0.05, 0) is 43.4 Å². The van der Waals surface area contributed by atoms with E-state index in [9.17, 15) is 18.5 Å². The maximum Gasteiger partial charge on any atom is 0.264 e. The fourth-order valence-electron chi connectivity index (χ4n) is 2.86. The zero-order valence-corrected chi connectivity index (χ0v) is 16.1. The summed E-state index contributed by atoms with van der Waals surface area (Å²) in [5.74, 6) is 0.534. The number of hydrogen-bond acceptors (Lipinski definition) is 6. The molecule has 0 aliphatic carbocycles. The van der Waals surface area contributed by atoms with E-state index in [1.807, 2.05) is 13.1 Å². The first-order chi connectivity index (χ1) is 13.3. The third kappa shape index (κ3) is 4.48. The van der Waals surface area contributed by atoms with Crippen LogP contribution in [0.3, 0.4) is 0 Å².